The predicted molar refractivity (Wildman–Crippen MR) is 71.2 cm³/mol. The van der Waals surface area contributed by atoms with E-state index in [-0.39, 0.29) is 18.6 Å². The van der Waals surface area contributed by atoms with Crippen molar-refractivity contribution in [3.05, 3.63) is 28.2 Å². The third-order valence-electron chi connectivity index (χ3n) is 2.23. The smallest absolute Gasteiger partial charge is 0.411 e. The zero-order chi connectivity index (χ0) is 16.0. The number of anilines is 1. The van der Waals surface area contributed by atoms with E-state index in [1.165, 1.54) is 18.2 Å². The van der Waals surface area contributed by atoms with Gasteiger partial charge < -0.3 is 15.2 Å². The molecule has 1 aromatic rings. The van der Waals surface area contributed by atoms with Gasteiger partial charge in [0, 0.05) is 4.47 Å². The average Bonchev–Trinajstić information content (AvgIpc) is 2.36. The van der Waals surface area contributed by atoms with Crippen molar-refractivity contribution in [2.24, 2.45) is 0 Å². The molecule has 5 nitrogen and oxygen atoms in total. The zero-order valence-corrected chi connectivity index (χ0v) is 12.1. The van der Waals surface area contributed by atoms with Crippen molar-refractivity contribution in [3.8, 4) is 0 Å². The lowest BCUT2D eigenvalue weighted by Gasteiger charge is -2.09. The average molecular weight is 370 g/mol. The number of benzene rings is 1. The first kappa shape index (κ1) is 17.4. The van der Waals surface area contributed by atoms with Crippen LogP contribution in [-0.2, 0) is 9.53 Å². The van der Waals surface area contributed by atoms with Crippen molar-refractivity contribution in [3.63, 3.8) is 0 Å². The van der Waals surface area contributed by atoms with Gasteiger partial charge in [-0.2, -0.15) is 13.2 Å². The second-order valence-corrected chi connectivity index (χ2v) is 4.82. The van der Waals surface area contributed by atoms with Crippen molar-refractivity contribution >= 4 is 33.5 Å². The SMILES string of the molecule is O=C(CCOCC(F)(F)F)Nc1ccc(C(=O)O)cc1Br. The van der Waals surface area contributed by atoms with Crippen molar-refractivity contribution in [2.75, 3.05) is 18.5 Å². The lowest BCUT2D eigenvalue weighted by Crippen LogP contribution is -2.20. The monoisotopic (exact) mass is 369 g/mol. The fourth-order valence-corrected chi connectivity index (χ4v) is 1.79. The van der Waals surface area contributed by atoms with Crippen LogP contribution in [0.2, 0.25) is 0 Å². The molecular weight excluding hydrogens is 359 g/mol. The topological polar surface area (TPSA) is 75.6 Å². The molecule has 116 valence electrons. The normalized spacial score (nSPS) is 11.2. The first-order valence-corrected chi connectivity index (χ1v) is 6.45. The number of amides is 1. The Labute approximate surface area is 126 Å². The van der Waals surface area contributed by atoms with Crippen LogP contribution in [0.25, 0.3) is 0 Å². The summed E-state index contributed by atoms with van der Waals surface area (Å²) in [5.41, 5.74) is 0.356. The number of carbonyl (C=O) groups excluding carboxylic acids is 1. The number of hydrogen-bond acceptors (Lipinski definition) is 3. The molecule has 0 heterocycles. The standard InChI is InChI=1S/C12H11BrF3NO4/c13-8-5-7(11(19)20)1-2-9(8)17-10(18)3-4-21-6-12(14,15)16/h1-2,5H,3-4,6H2,(H,17,18)(H,19,20). The van der Waals surface area contributed by atoms with E-state index in [1.807, 2.05) is 0 Å². The lowest BCUT2D eigenvalue weighted by molar-refractivity contribution is -0.174. The molecule has 0 radical (unpaired) electrons. The van der Waals surface area contributed by atoms with Crippen LogP contribution in [0.4, 0.5) is 18.9 Å². The summed E-state index contributed by atoms with van der Waals surface area (Å²) in [6.45, 7) is -1.77. The summed E-state index contributed by atoms with van der Waals surface area (Å²) in [5.74, 6) is -1.66. The highest BCUT2D eigenvalue weighted by atomic mass is 79.9. The highest BCUT2D eigenvalue weighted by Crippen LogP contribution is 2.24. The van der Waals surface area contributed by atoms with Crippen LogP contribution in [-0.4, -0.2) is 36.4 Å². The molecule has 21 heavy (non-hydrogen) atoms. The number of alkyl halides is 3. The molecule has 1 aromatic carbocycles. The Morgan fingerprint density at radius 1 is 1.33 bits per heavy atom. The van der Waals surface area contributed by atoms with Gasteiger partial charge in [0.15, 0.2) is 0 Å². The number of nitrogens with one attached hydrogen (secondary N) is 1. The Morgan fingerprint density at radius 2 is 2.00 bits per heavy atom. The Morgan fingerprint density at radius 3 is 2.52 bits per heavy atom. The minimum atomic E-state index is -4.42. The minimum Gasteiger partial charge on any atom is -0.478 e. The Bertz CT molecular complexity index is 534. The second kappa shape index (κ2) is 7.41. The van der Waals surface area contributed by atoms with Crippen molar-refractivity contribution in [2.45, 2.75) is 12.6 Å². The van der Waals surface area contributed by atoms with Crippen LogP contribution >= 0.6 is 15.9 Å². The van der Waals surface area contributed by atoms with E-state index in [0.29, 0.717) is 10.2 Å². The van der Waals surface area contributed by atoms with E-state index in [2.05, 4.69) is 26.0 Å². The number of rotatable bonds is 6. The van der Waals surface area contributed by atoms with Gasteiger partial charge in [-0.15, -0.1) is 0 Å². The summed E-state index contributed by atoms with van der Waals surface area (Å²) < 4.78 is 40.1. The summed E-state index contributed by atoms with van der Waals surface area (Å²) in [7, 11) is 0. The molecule has 0 aliphatic rings. The molecule has 0 aliphatic heterocycles. The van der Waals surface area contributed by atoms with Gasteiger partial charge >= 0.3 is 12.1 Å². The van der Waals surface area contributed by atoms with Gasteiger partial charge in [0.25, 0.3) is 0 Å². The van der Waals surface area contributed by atoms with Gasteiger partial charge in [-0.25, -0.2) is 4.79 Å². The molecule has 0 aliphatic carbocycles. The first-order chi connectivity index (χ1) is 9.69. The number of carbonyl (C=O) groups is 2. The molecule has 0 bridgehead atoms. The molecule has 0 saturated carbocycles. The van der Waals surface area contributed by atoms with E-state index in [9.17, 15) is 22.8 Å². The molecule has 0 aromatic heterocycles. The lowest BCUT2D eigenvalue weighted by atomic mass is 10.2. The number of aromatic carboxylic acids is 1. The summed E-state index contributed by atoms with van der Waals surface area (Å²) in [4.78, 5) is 22.2. The molecule has 0 fully saturated rings. The van der Waals surface area contributed by atoms with Gasteiger partial charge in [0.05, 0.1) is 24.3 Å². The third kappa shape index (κ3) is 6.58. The first-order valence-electron chi connectivity index (χ1n) is 5.66. The van der Waals surface area contributed by atoms with Crippen LogP contribution in [0, 0.1) is 0 Å². The largest absolute Gasteiger partial charge is 0.478 e. The van der Waals surface area contributed by atoms with E-state index in [4.69, 9.17) is 5.11 Å². The molecular formula is C12H11BrF3NO4. The van der Waals surface area contributed by atoms with Gasteiger partial charge in [-0.05, 0) is 34.1 Å². The number of carboxylic acid groups (broad SMARTS) is 1. The van der Waals surface area contributed by atoms with Crippen LogP contribution in [0.1, 0.15) is 16.8 Å². The molecule has 1 rings (SSSR count). The van der Waals surface area contributed by atoms with Gasteiger partial charge in [-0.3, -0.25) is 4.79 Å². The molecule has 0 atom stereocenters. The maximum absolute atomic E-state index is 11.8. The van der Waals surface area contributed by atoms with Crippen LogP contribution in [0.5, 0.6) is 0 Å². The van der Waals surface area contributed by atoms with Gasteiger partial charge in [0.1, 0.15) is 6.61 Å². The summed E-state index contributed by atoms with van der Waals surface area (Å²) in [5, 5.41) is 11.2. The Kier molecular flexibility index (Phi) is 6.16. The van der Waals surface area contributed by atoms with E-state index < -0.39 is 24.7 Å². The maximum atomic E-state index is 11.8. The molecule has 0 unspecified atom stereocenters. The Hall–Kier alpha value is -1.61. The number of ether oxygens (including phenoxy) is 1. The number of halogens is 4. The third-order valence-corrected chi connectivity index (χ3v) is 2.89. The van der Waals surface area contributed by atoms with E-state index in [1.54, 1.807) is 0 Å². The molecule has 9 heteroatoms. The van der Waals surface area contributed by atoms with Crippen LogP contribution < -0.4 is 5.32 Å². The van der Waals surface area contributed by atoms with Gasteiger partial charge in [0.2, 0.25) is 5.91 Å². The predicted octanol–water partition coefficient (Wildman–Crippen LogP) is 3.05. The van der Waals surface area contributed by atoms with Crippen molar-refractivity contribution < 1.29 is 32.6 Å². The van der Waals surface area contributed by atoms with E-state index in [0.717, 1.165) is 0 Å². The summed E-state index contributed by atoms with van der Waals surface area (Å²) in [6, 6.07) is 3.98. The Balaban J connectivity index is 2.46. The second-order valence-electron chi connectivity index (χ2n) is 3.97. The quantitative estimate of drug-likeness (QED) is 0.755. The minimum absolute atomic E-state index is 0.0355. The number of hydrogen-bond donors (Lipinski definition) is 2. The van der Waals surface area contributed by atoms with Crippen molar-refractivity contribution in [1.29, 1.82) is 0 Å². The van der Waals surface area contributed by atoms with Gasteiger partial charge in [-0.1, -0.05) is 0 Å². The molecule has 0 spiro atoms. The van der Waals surface area contributed by atoms with Crippen molar-refractivity contribution in [1.82, 2.24) is 0 Å². The maximum Gasteiger partial charge on any atom is 0.411 e. The zero-order valence-electron chi connectivity index (χ0n) is 10.5. The fourth-order valence-electron chi connectivity index (χ4n) is 1.31. The molecule has 1 amide bonds. The fraction of sp³-hybridized carbons (Fsp3) is 0.333. The summed E-state index contributed by atoms with van der Waals surface area (Å²) in [6.07, 6.45) is -4.67. The highest BCUT2D eigenvalue weighted by Gasteiger charge is 2.27. The number of carboxylic acids is 1. The van der Waals surface area contributed by atoms with Crippen LogP contribution in [0.15, 0.2) is 22.7 Å². The highest BCUT2D eigenvalue weighted by molar-refractivity contribution is 9.10. The molecule has 0 saturated heterocycles. The van der Waals surface area contributed by atoms with E-state index >= 15 is 0 Å². The summed E-state index contributed by atoms with van der Waals surface area (Å²) >= 11 is 3.09. The molecule has 2 N–H and O–H groups in total. The van der Waals surface area contributed by atoms with Crippen LogP contribution in [0.3, 0.4) is 0 Å².